The predicted octanol–water partition coefficient (Wildman–Crippen LogP) is 4.28. The molecule has 0 bridgehead atoms. The van der Waals surface area contributed by atoms with Crippen LogP contribution in [0.5, 0.6) is 11.5 Å². The molecule has 0 aliphatic rings. The first-order chi connectivity index (χ1) is 13.8. The van der Waals surface area contributed by atoms with E-state index < -0.39 is 0 Å². The number of amides is 1. The number of benzene rings is 2. The predicted molar refractivity (Wildman–Crippen MR) is 116 cm³/mol. The summed E-state index contributed by atoms with van der Waals surface area (Å²) in [7, 11) is 4.71. The molecule has 0 atom stereocenters. The third-order valence-corrected chi connectivity index (χ3v) is 5.23. The van der Waals surface area contributed by atoms with E-state index in [1.54, 1.807) is 37.5 Å². The van der Waals surface area contributed by atoms with E-state index >= 15 is 0 Å². The first-order valence-electron chi connectivity index (χ1n) is 9.15. The molecule has 3 rings (SSSR count). The van der Waals surface area contributed by atoms with Gasteiger partial charge in [0.2, 0.25) is 0 Å². The summed E-state index contributed by atoms with van der Waals surface area (Å²) in [6.07, 6.45) is 1.59. The summed E-state index contributed by atoms with van der Waals surface area (Å²) in [5.74, 6) is 0.627. The minimum Gasteiger partial charge on any atom is -0.493 e. The number of halogens is 1. The summed E-state index contributed by atoms with van der Waals surface area (Å²) in [5, 5.41) is 1.44. The highest BCUT2D eigenvalue weighted by Gasteiger charge is 2.22. The molecule has 0 saturated carbocycles. The van der Waals surface area contributed by atoms with Crippen molar-refractivity contribution in [1.82, 2.24) is 4.57 Å². The Morgan fingerprint density at radius 3 is 2.31 bits per heavy atom. The molecule has 0 saturated heterocycles. The number of nitrogens with zero attached hydrogens (tertiary/aromatic N) is 2. The molecule has 1 amide bonds. The van der Waals surface area contributed by atoms with E-state index in [1.165, 1.54) is 23.7 Å². The average molecular weight is 415 g/mol. The molecule has 0 aliphatic heterocycles. The molecule has 0 aliphatic carbocycles. The van der Waals surface area contributed by atoms with Crippen LogP contribution in [0, 0.1) is 6.92 Å². The number of carbonyl (C=O) groups excluding carboxylic acids is 1. The maximum atomic E-state index is 13.5. The normalized spacial score (nSPS) is 10.8. The molecule has 0 fully saturated rings. The fourth-order valence-electron chi connectivity index (χ4n) is 3.36. The van der Waals surface area contributed by atoms with Gasteiger partial charge in [-0.05, 0) is 43.7 Å². The summed E-state index contributed by atoms with van der Waals surface area (Å²) in [4.78, 5) is 27.9. The Hall–Kier alpha value is -2.99. The molecule has 0 spiro atoms. The lowest BCUT2D eigenvalue weighted by Gasteiger charge is -2.22. The van der Waals surface area contributed by atoms with Crippen molar-refractivity contribution in [1.29, 1.82) is 0 Å². The highest BCUT2D eigenvalue weighted by Crippen LogP contribution is 2.33. The number of aromatic nitrogens is 1. The highest BCUT2D eigenvalue weighted by molar-refractivity contribution is 6.31. The second-order valence-corrected chi connectivity index (χ2v) is 7.12. The number of fused-ring (bicyclic) bond motifs is 1. The zero-order valence-corrected chi connectivity index (χ0v) is 17.8. The van der Waals surface area contributed by atoms with E-state index in [9.17, 15) is 9.59 Å². The van der Waals surface area contributed by atoms with Crippen LogP contribution in [-0.4, -0.2) is 31.7 Å². The molecule has 0 unspecified atom stereocenters. The van der Waals surface area contributed by atoms with Gasteiger partial charge in [-0.1, -0.05) is 17.7 Å². The molecule has 0 N–H and O–H groups in total. The van der Waals surface area contributed by atoms with Crippen molar-refractivity contribution in [3.05, 3.63) is 63.0 Å². The molecule has 3 aromatic rings. The molecule has 2 aromatic carbocycles. The van der Waals surface area contributed by atoms with Gasteiger partial charge in [-0.2, -0.15) is 0 Å². The van der Waals surface area contributed by atoms with Gasteiger partial charge in [0.05, 0.1) is 25.2 Å². The van der Waals surface area contributed by atoms with Gasteiger partial charge in [-0.3, -0.25) is 9.59 Å². The minimum absolute atomic E-state index is 0.193. The van der Waals surface area contributed by atoms with Crippen molar-refractivity contribution in [3.63, 3.8) is 0 Å². The number of methoxy groups -OCH3 is 2. The standard InChI is InChI=1S/C22H23ClN2O4/c1-6-25-12-17(21(26)24(3)18-9-14(23)8-7-13(18)2)15-10-19(28-4)20(29-5)11-16(15)22(25)27/h7-12H,6H2,1-5H3. The molecule has 0 radical (unpaired) electrons. The molecule has 6 nitrogen and oxygen atoms in total. The molecule has 152 valence electrons. The third-order valence-electron chi connectivity index (χ3n) is 5.00. The summed E-state index contributed by atoms with van der Waals surface area (Å²) in [5.41, 5.74) is 1.81. The van der Waals surface area contributed by atoms with E-state index in [0.717, 1.165) is 5.56 Å². The van der Waals surface area contributed by atoms with Crippen LogP contribution >= 0.6 is 11.6 Å². The van der Waals surface area contributed by atoms with Crippen LogP contribution in [0.3, 0.4) is 0 Å². The van der Waals surface area contributed by atoms with Gasteiger partial charge >= 0.3 is 0 Å². The fourth-order valence-corrected chi connectivity index (χ4v) is 3.52. The second-order valence-electron chi connectivity index (χ2n) is 6.68. The maximum Gasteiger partial charge on any atom is 0.260 e. The van der Waals surface area contributed by atoms with Crippen LogP contribution in [-0.2, 0) is 6.54 Å². The minimum atomic E-state index is -0.255. The molecular weight excluding hydrogens is 392 g/mol. The van der Waals surface area contributed by atoms with Gasteiger partial charge in [-0.15, -0.1) is 0 Å². The number of carbonyl (C=O) groups is 1. The van der Waals surface area contributed by atoms with Gasteiger partial charge in [-0.25, -0.2) is 0 Å². The summed E-state index contributed by atoms with van der Waals surface area (Å²) in [6.45, 7) is 4.20. The Balaban J connectivity index is 2.27. The van der Waals surface area contributed by atoms with Crippen LogP contribution in [0.15, 0.2) is 41.3 Å². The molecular formula is C22H23ClN2O4. The maximum absolute atomic E-state index is 13.5. The Labute approximate surface area is 174 Å². The topological polar surface area (TPSA) is 60.8 Å². The smallest absolute Gasteiger partial charge is 0.260 e. The van der Waals surface area contributed by atoms with Crippen molar-refractivity contribution >= 4 is 34.0 Å². The number of hydrogen-bond donors (Lipinski definition) is 0. The van der Waals surface area contributed by atoms with Gasteiger partial charge in [0, 0.05) is 35.9 Å². The SMILES string of the molecule is CCn1cc(C(=O)N(C)c2cc(Cl)ccc2C)c2cc(OC)c(OC)cc2c1=O. The Morgan fingerprint density at radius 2 is 1.72 bits per heavy atom. The Bertz CT molecular complexity index is 1150. The van der Waals surface area contributed by atoms with E-state index in [4.69, 9.17) is 21.1 Å². The van der Waals surface area contributed by atoms with E-state index in [-0.39, 0.29) is 11.5 Å². The lowest BCUT2D eigenvalue weighted by molar-refractivity contribution is 0.0993. The van der Waals surface area contributed by atoms with Gasteiger partial charge in [0.1, 0.15) is 0 Å². The van der Waals surface area contributed by atoms with Crippen LogP contribution in [0.25, 0.3) is 10.8 Å². The van der Waals surface area contributed by atoms with Crippen molar-refractivity contribution < 1.29 is 14.3 Å². The zero-order valence-electron chi connectivity index (χ0n) is 17.1. The molecule has 7 heteroatoms. The van der Waals surface area contributed by atoms with Crippen LogP contribution in [0.1, 0.15) is 22.8 Å². The van der Waals surface area contributed by atoms with Crippen molar-refractivity contribution in [3.8, 4) is 11.5 Å². The Morgan fingerprint density at radius 1 is 1.10 bits per heavy atom. The zero-order chi connectivity index (χ0) is 21.3. The van der Waals surface area contributed by atoms with Crippen molar-refractivity contribution in [2.24, 2.45) is 0 Å². The number of aryl methyl sites for hydroxylation is 2. The lowest BCUT2D eigenvalue weighted by Crippen LogP contribution is -2.30. The first-order valence-corrected chi connectivity index (χ1v) is 9.53. The molecule has 29 heavy (non-hydrogen) atoms. The van der Waals surface area contributed by atoms with Gasteiger partial charge in [0.15, 0.2) is 11.5 Å². The second kappa shape index (κ2) is 8.17. The van der Waals surface area contributed by atoms with Crippen molar-refractivity contribution in [2.75, 3.05) is 26.2 Å². The van der Waals surface area contributed by atoms with E-state index in [1.807, 2.05) is 19.9 Å². The van der Waals surface area contributed by atoms with Crippen molar-refractivity contribution in [2.45, 2.75) is 20.4 Å². The summed E-state index contributed by atoms with van der Waals surface area (Å²) < 4.78 is 12.2. The monoisotopic (exact) mass is 414 g/mol. The number of hydrogen-bond acceptors (Lipinski definition) is 4. The highest BCUT2D eigenvalue weighted by atomic mass is 35.5. The fraction of sp³-hybridized carbons (Fsp3) is 0.273. The van der Waals surface area contributed by atoms with E-state index in [0.29, 0.717) is 45.1 Å². The van der Waals surface area contributed by atoms with Crippen LogP contribution in [0.4, 0.5) is 5.69 Å². The summed E-state index contributed by atoms with van der Waals surface area (Å²) >= 11 is 6.13. The number of rotatable bonds is 5. The third kappa shape index (κ3) is 3.68. The van der Waals surface area contributed by atoms with Crippen LogP contribution < -0.4 is 19.9 Å². The molecule has 1 aromatic heterocycles. The van der Waals surface area contributed by atoms with Gasteiger partial charge in [0.25, 0.3) is 11.5 Å². The Kier molecular flexibility index (Phi) is 5.84. The quantitative estimate of drug-likeness (QED) is 0.625. The van der Waals surface area contributed by atoms with Gasteiger partial charge < -0.3 is 18.9 Å². The summed E-state index contributed by atoms with van der Waals surface area (Å²) in [6, 6.07) is 8.67. The first kappa shape index (κ1) is 20.7. The largest absolute Gasteiger partial charge is 0.493 e. The van der Waals surface area contributed by atoms with Crippen LogP contribution in [0.2, 0.25) is 5.02 Å². The average Bonchev–Trinajstić information content (AvgIpc) is 2.73. The van der Waals surface area contributed by atoms with E-state index in [2.05, 4.69) is 0 Å². The number of pyridine rings is 1. The number of ether oxygens (including phenoxy) is 2. The number of anilines is 1. The lowest BCUT2D eigenvalue weighted by atomic mass is 10.0. The molecule has 1 heterocycles.